The van der Waals surface area contributed by atoms with Crippen molar-refractivity contribution in [1.29, 1.82) is 0 Å². The van der Waals surface area contributed by atoms with Gasteiger partial charge in [-0.2, -0.15) is 4.31 Å². The summed E-state index contributed by atoms with van der Waals surface area (Å²) in [6.45, 7) is 3.24. The first-order chi connectivity index (χ1) is 15.9. The van der Waals surface area contributed by atoms with Gasteiger partial charge in [-0.05, 0) is 68.5 Å². The van der Waals surface area contributed by atoms with E-state index in [9.17, 15) is 18.0 Å². The zero-order valence-corrected chi connectivity index (χ0v) is 19.6. The minimum Gasteiger partial charge on any atom is -0.492 e. The average Bonchev–Trinajstić information content (AvgIpc) is 3.30. The number of aryl methyl sites for hydroxylation is 1. The molecule has 0 aromatic heterocycles. The molecular weight excluding hydrogens is 442 g/mol. The second-order valence-corrected chi connectivity index (χ2v) is 10.2. The number of para-hydroxylation sites is 2. The highest BCUT2D eigenvalue weighted by atomic mass is 32.2. The highest BCUT2D eigenvalue weighted by Crippen LogP contribution is 2.31. The molecule has 0 radical (unpaired) electrons. The number of nitrogens with one attached hydrogen (secondary N) is 1. The van der Waals surface area contributed by atoms with E-state index < -0.39 is 10.0 Å². The molecule has 2 aliphatic rings. The molecular formula is C24H29N3O5S. The zero-order chi connectivity index (χ0) is 23.4. The lowest BCUT2D eigenvalue weighted by Gasteiger charge is -2.24. The Balaban J connectivity index is 1.57. The van der Waals surface area contributed by atoms with Crippen LogP contribution in [0, 0.1) is 0 Å². The molecule has 1 fully saturated rings. The van der Waals surface area contributed by atoms with E-state index in [1.54, 1.807) is 36.4 Å². The Hall–Kier alpha value is -2.91. The molecule has 0 atom stereocenters. The van der Waals surface area contributed by atoms with Crippen LogP contribution in [0.3, 0.4) is 0 Å². The Kier molecular flexibility index (Phi) is 6.99. The topological polar surface area (TPSA) is 96.0 Å². The van der Waals surface area contributed by atoms with Gasteiger partial charge in [-0.25, -0.2) is 8.42 Å². The predicted octanol–water partition coefficient (Wildman–Crippen LogP) is 3.18. The second-order valence-electron chi connectivity index (χ2n) is 8.21. The van der Waals surface area contributed by atoms with Crippen LogP contribution in [-0.4, -0.2) is 50.8 Å². The number of hydrogen-bond acceptors (Lipinski definition) is 5. The number of carbonyl (C=O) groups excluding carboxylic acids is 2. The number of nitrogens with zero attached hydrogens (tertiary/aromatic N) is 2. The van der Waals surface area contributed by atoms with E-state index in [1.807, 2.05) is 13.0 Å². The Morgan fingerprint density at radius 3 is 2.58 bits per heavy atom. The monoisotopic (exact) mass is 471 g/mol. The average molecular weight is 472 g/mol. The van der Waals surface area contributed by atoms with Gasteiger partial charge in [0.1, 0.15) is 12.3 Å². The Morgan fingerprint density at radius 2 is 1.82 bits per heavy atom. The number of sulfonamides is 1. The van der Waals surface area contributed by atoms with Crippen molar-refractivity contribution in [2.75, 3.05) is 36.5 Å². The van der Waals surface area contributed by atoms with Crippen LogP contribution in [-0.2, 0) is 26.0 Å². The molecule has 0 aliphatic carbocycles. The Labute approximate surface area is 194 Å². The van der Waals surface area contributed by atoms with Gasteiger partial charge in [0.15, 0.2) is 0 Å². The fourth-order valence-electron chi connectivity index (χ4n) is 4.32. The minimum atomic E-state index is -3.55. The van der Waals surface area contributed by atoms with E-state index in [-0.39, 0.29) is 23.3 Å². The van der Waals surface area contributed by atoms with Crippen LogP contribution in [0.4, 0.5) is 11.4 Å². The van der Waals surface area contributed by atoms with Crippen molar-refractivity contribution in [3.63, 3.8) is 0 Å². The molecule has 176 valence electrons. The number of anilines is 2. The molecule has 9 heteroatoms. The molecule has 8 nitrogen and oxygen atoms in total. The number of benzene rings is 2. The van der Waals surface area contributed by atoms with E-state index in [0.29, 0.717) is 56.1 Å². The molecule has 0 spiro atoms. The van der Waals surface area contributed by atoms with Gasteiger partial charge in [-0.3, -0.25) is 9.59 Å². The zero-order valence-electron chi connectivity index (χ0n) is 18.7. The summed E-state index contributed by atoms with van der Waals surface area (Å²) in [5.41, 5.74) is 1.90. The highest BCUT2D eigenvalue weighted by molar-refractivity contribution is 7.89. The standard InChI is InChI=1S/C24H29N3O5S/c1-2-32-22-10-4-3-9-20(22)25-23(28)17-27-21-13-12-19(16-18(21)8-7-11-24(27)29)33(30,31)26-14-5-6-15-26/h3-4,9-10,12-13,16H,2,5-8,11,14-15,17H2,1H3,(H,25,28). The Morgan fingerprint density at radius 1 is 1.06 bits per heavy atom. The van der Waals surface area contributed by atoms with Crippen LogP contribution in [0.25, 0.3) is 0 Å². The fraction of sp³-hybridized carbons (Fsp3) is 0.417. The summed E-state index contributed by atoms with van der Waals surface area (Å²) in [7, 11) is -3.55. The number of amides is 2. The molecule has 2 aromatic carbocycles. The third-order valence-corrected chi connectivity index (χ3v) is 7.84. The minimum absolute atomic E-state index is 0.155. The van der Waals surface area contributed by atoms with Crippen molar-refractivity contribution in [1.82, 2.24) is 4.31 Å². The summed E-state index contributed by atoms with van der Waals surface area (Å²) >= 11 is 0. The molecule has 1 N–H and O–H groups in total. The molecule has 1 saturated heterocycles. The largest absolute Gasteiger partial charge is 0.492 e. The molecule has 2 aliphatic heterocycles. The van der Waals surface area contributed by atoms with Crippen LogP contribution < -0.4 is 15.0 Å². The van der Waals surface area contributed by atoms with Gasteiger partial charge < -0.3 is 15.0 Å². The quantitative estimate of drug-likeness (QED) is 0.669. The van der Waals surface area contributed by atoms with E-state index in [0.717, 1.165) is 18.4 Å². The summed E-state index contributed by atoms with van der Waals surface area (Å²) in [5, 5.41) is 2.83. The van der Waals surface area contributed by atoms with Crippen LogP contribution in [0.1, 0.15) is 38.2 Å². The van der Waals surface area contributed by atoms with Gasteiger partial charge in [0.25, 0.3) is 0 Å². The first-order valence-corrected chi connectivity index (χ1v) is 12.8. The van der Waals surface area contributed by atoms with Crippen molar-refractivity contribution in [3.05, 3.63) is 48.0 Å². The highest BCUT2D eigenvalue weighted by Gasteiger charge is 2.30. The third-order valence-electron chi connectivity index (χ3n) is 5.95. The molecule has 0 unspecified atom stereocenters. The molecule has 4 rings (SSSR count). The number of hydrogen-bond donors (Lipinski definition) is 1. The van der Waals surface area contributed by atoms with Gasteiger partial charge in [0.2, 0.25) is 21.8 Å². The first kappa shape index (κ1) is 23.3. The maximum Gasteiger partial charge on any atom is 0.244 e. The number of carbonyl (C=O) groups is 2. The number of rotatable bonds is 7. The van der Waals surface area contributed by atoms with Gasteiger partial charge in [0, 0.05) is 25.2 Å². The van der Waals surface area contributed by atoms with E-state index in [4.69, 9.17) is 4.74 Å². The Bertz CT molecular complexity index is 1140. The summed E-state index contributed by atoms with van der Waals surface area (Å²) in [4.78, 5) is 27.4. The molecule has 2 heterocycles. The lowest BCUT2D eigenvalue weighted by atomic mass is 10.1. The van der Waals surface area contributed by atoms with E-state index >= 15 is 0 Å². The van der Waals surface area contributed by atoms with Gasteiger partial charge in [0.05, 0.1) is 17.2 Å². The smallest absolute Gasteiger partial charge is 0.244 e. The van der Waals surface area contributed by atoms with Crippen LogP contribution >= 0.6 is 0 Å². The third kappa shape index (κ3) is 5.04. The van der Waals surface area contributed by atoms with E-state index in [2.05, 4.69) is 5.32 Å². The first-order valence-electron chi connectivity index (χ1n) is 11.4. The summed E-state index contributed by atoms with van der Waals surface area (Å²) < 4.78 is 33.0. The van der Waals surface area contributed by atoms with E-state index in [1.165, 1.54) is 9.21 Å². The van der Waals surface area contributed by atoms with Crippen LogP contribution in [0.15, 0.2) is 47.4 Å². The summed E-state index contributed by atoms with van der Waals surface area (Å²) in [5.74, 6) is 0.0574. The van der Waals surface area contributed by atoms with Crippen molar-refractivity contribution < 1.29 is 22.7 Å². The van der Waals surface area contributed by atoms with Gasteiger partial charge in [-0.15, -0.1) is 0 Å². The van der Waals surface area contributed by atoms with Crippen molar-refractivity contribution in [3.8, 4) is 5.75 Å². The molecule has 33 heavy (non-hydrogen) atoms. The van der Waals surface area contributed by atoms with Gasteiger partial charge >= 0.3 is 0 Å². The molecule has 2 aromatic rings. The maximum atomic E-state index is 13.0. The number of fused-ring (bicyclic) bond motifs is 1. The van der Waals surface area contributed by atoms with Crippen LogP contribution in [0.2, 0.25) is 0 Å². The molecule has 0 bridgehead atoms. The van der Waals surface area contributed by atoms with Crippen molar-refractivity contribution in [2.45, 2.75) is 43.9 Å². The van der Waals surface area contributed by atoms with Crippen molar-refractivity contribution >= 4 is 33.2 Å². The maximum absolute atomic E-state index is 13.0. The predicted molar refractivity (Wildman–Crippen MR) is 126 cm³/mol. The van der Waals surface area contributed by atoms with Gasteiger partial charge in [-0.1, -0.05) is 12.1 Å². The summed E-state index contributed by atoms with van der Waals surface area (Å²) in [6.07, 6.45) is 3.22. The number of ether oxygens (including phenoxy) is 1. The summed E-state index contributed by atoms with van der Waals surface area (Å²) in [6, 6.07) is 12.0. The molecule has 0 saturated carbocycles. The van der Waals surface area contributed by atoms with Crippen LogP contribution in [0.5, 0.6) is 5.75 Å². The second kappa shape index (κ2) is 9.93. The lowest BCUT2D eigenvalue weighted by Crippen LogP contribution is -2.38. The molecule has 2 amide bonds. The lowest BCUT2D eigenvalue weighted by molar-refractivity contribution is -0.121. The van der Waals surface area contributed by atoms with Crippen molar-refractivity contribution in [2.24, 2.45) is 0 Å². The fourth-order valence-corrected chi connectivity index (χ4v) is 5.89. The SMILES string of the molecule is CCOc1ccccc1NC(=O)CN1C(=O)CCCc2cc(S(=O)(=O)N3CCCC3)ccc21. The normalized spacial score (nSPS) is 16.9.